The third-order valence-electron chi connectivity index (χ3n) is 2.64. The number of benzene rings is 1. The minimum Gasteiger partial charge on any atom is -0.478 e. The van der Waals surface area contributed by atoms with Crippen molar-refractivity contribution in [1.29, 1.82) is 0 Å². The van der Waals surface area contributed by atoms with Crippen LogP contribution in [0.25, 0.3) is 0 Å². The number of aryl methyl sites for hydroxylation is 1. The highest BCUT2D eigenvalue weighted by Crippen LogP contribution is 2.27. The van der Waals surface area contributed by atoms with Crippen LogP contribution < -0.4 is 5.32 Å². The van der Waals surface area contributed by atoms with Crippen LogP contribution >= 0.6 is 15.9 Å². The highest BCUT2D eigenvalue weighted by atomic mass is 79.9. The molecule has 0 amide bonds. The lowest BCUT2D eigenvalue weighted by atomic mass is 10.2. The monoisotopic (exact) mass is 342 g/mol. The van der Waals surface area contributed by atoms with Gasteiger partial charge in [0.25, 0.3) is 0 Å². The molecule has 0 spiro atoms. The Morgan fingerprint density at radius 2 is 2.10 bits per heavy atom. The van der Waals surface area contributed by atoms with Gasteiger partial charge >= 0.3 is 5.97 Å². The number of carboxylic acid groups (broad SMARTS) is 1. The summed E-state index contributed by atoms with van der Waals surface area (Å²) in [7, 11) is 0. The van der Waals surface area contributed by atoms with Gasteiger partial charge in [-0.3, -0.25) is 0 Å². The maximum Gasteiger partial charge on any atom is 0.338 e. The molecular formula is C13H9BrF2N2O2. The van der Waals surface area contributed by atoms with E-state index < -0.39 is 23.2 Å². The predicted molar refractivity (Wildman–Crippen MR) is 73.3 cm³/mol. The number of anilines is 2. The van der Waals surface area contributed by atoms with E-state index in [4.69, 9.17) is 5.11 Å². The first kappa shape index (κ1) is 14.4. The van der Waals surface area contributed by atoms with Gasteiger partial charge in [-0.2, -0.15) is 0 Å². The fourth-order valence-electron chi connectivity index (χ4n) is 1.60. The van der Waals surface area contributed by atoms with Crippen LogP contribution in [0.5, 0.6) is 0 Å². The maximum atomic E-state index is 13.9. The van der Waals surface area contributed by atoms with Crippen molar-refractivity contribution in [2.45, 2.75) is 6.92 Å². The summed E-state index contributed by atoms with van der Waals surface area (Å²) in [6.45, 7) is 1.64. The van der Waals surface area contributed by atoms with Crippen molar-refractivity contribution in [1.82, 2.24) is 4.98 Å². The van der Waals surface area contributed by atoms with Gasteiger partial charge in [0.15, 0.2) is 11.6 Å². The molecule has 2 aromatic rings. The summed E-state index contributed by atoms with van der Waals surface area (Å²) in [5.41, 5.74) is 0.473. The van der Waals surface area contributed by atoms with Gasteiger partial charge in [-0.25, -0.2) is 18.6 Å². The van der Waals surface area contributed by atoms with Crippen LogP contribution in [0.15, 0.2) is 28.9 Å². The summed E-state index contributed by atoms with van der Waals surface area (Å²) < 4.78 is 27.4. The topological polar surface area (TPSA) is 62.2 Å². The van der Waals surface area contributed by atoms with Crippen molar-refractivity contribution in [2.75, 3.05) is 5.32 Å². The van der Waals surface area contributed by atoms with Crippen molar-refractivity contribution < 1.29 is 18.7 Å². The van der Waals surface area contributed by atoms with E-state index in [0.717, 1.165) is 6.07 Å². The van der Waals surface area contributed by atoms with E-state index in [2.05, 4.69) is 26.2 Å². The van der Waals surface area contributed by atoms with Crippen LogP contribution in [0.3, 0.4) is 0 Å². The second kappa shape index (κ2) is 5.54. The van der Waals surface area contributed by atoms with Gasteiger partial charge in [0, 0.05) is 11.9 Å². The first-order valence-electron chi connectivity index (χ1n) is 5.50. The number of halogens is 3. The molecular weight excluding hydrogens is 334 g/mol. The van der Waals surface area contributed by atoms with Crippen LogP contribution in [0.2, 0.25) is 0 Å². The second-order valence-corrected chi connectivity index (χ2v) is 4.89. The molecule has 104 valence electrons. The lowest BCUT2D eigenvalue weighted by Gasteiger charge is -2.11. The lowest BCUT2D eigenvalue weighted by Crippen LogP contribution is -2.06. The number of aromatic nitrogens is 1. The quantitative estimate of drug-likeness (QED) is 0.888. The van der Waals surface area contributed by atoms with E-state index in [9.17, 15) is 13.6 Å². The molecule has 1 heterocycles. The van der Waals surface area contributed by atoms with Gasteiger partial charge in [0.2, 0.25) is 0 Å². The highest BCUT2D eigenvalue weighted by molar-refractivity contribution is 9.10. The van der Waals surface area contributed by atoms with E-state index in [1.165, 1.54) is 18.3 Å². The normalized spacial score (nSPS) is 10.4. The van der Waals surface area contributed by atoms with Crippen LogP contribution in [-0.2, 0) is 0 Å². The van der Waals surface area contributed by atoms with E-state index in [0.29, 0.717) is 11.3 Å². The smallest absolute Gasteiger partial charge is 0.338 e. The van der Waals surface area contributed by atoms with Crippen LogP contribution in [0.1, 0.15) is 15.9 Å². The fourth-order valence-corrected chi connectivity index (χ4v) is 1.95. The Morgan fingerprint density at radius 3 is 2.75 bits per heavy atom. The third-order valence-corrected chi connectivity index (χ3v) is 3.25. The first-order chi connectivity index (χ1) is 9.40. The molecule has 0 saturated heterocycles. The average molecular weight is 343 g/mol. The summed E-state index contributed by atoms with van der Waals surface area (Å²) in [5, 5.41) is 11.5. The molecule has 0 aliphatic carbocycles. The minimum atomic E-state index is -1.38. The summed E-state index contributed by atoms with van der Waals surface area (Å²) >= 11 is 3.03. The number of nitrogens with one attached hydrogen (secondary N) is 1. The van der Waals surface area contributed by atoms with E-state index in [-0.39, 0.29) is 10.3 Å². The average Bonchev–Trinajstić information content (AvgIpc) is 2.37. The summed E-state index contributed by atoms with van der Waals surface area (Å²) in [6.07, 6.45) is 1.18. The van der Waals surface area contributed by atoms with Crippen molar-refractivity contribution in [3.8, 4) is 0 Å². The zero-order valence-electron chi connectivity index (χ0n) is 10.2. The molecule has 2 N–H and O–H groups in total. The molecule has 4 nitrogen and oxygen atoms in total. The molecule has 0 unspecified atom stereocenters. The van der Waals surface area contributed by atoms with Gasteiger partial charge in [-0.1, -0.05) is 0 Å². The number of hydrogen-bond donors (Lipinski definition) is 2. The molecule has 2 rings (SSSR count). The molecule has 0 radical (unpaired) electrons. The lowest BCUT2D eigenvalue weighted by molar-refractivity contribution is 0.0692. The van der Waals surface area contributed by atoms with E-state index in [1.807, 2.05) is 0 Å². The van der Waals surface area contributed by atoms with E-state index >= 15 is 0 Å². The zero-order chi connectivity index (χ0) is 14.9. The Bertz CT molecular complexity index is 692. The molecule has 20 heavy (non-hydrogen) atoms. The Labute approximate surface area is 121 Å². The number of pyridine rings is 1. The molecule has 0 aliphatic rings. The number of rotatable bonds is 3. The third kappa shape index (κ3) is 2.77. The predicted octanol–water partition coefficient (Wildman–Crippen LogP) is 3.87. The van der Waals surface area contributed by atoms with Crippen LogP contribution in [-0.4, -0.2) is 16.1 Å². The van der Waals surface area contributed by atoms with Crippen molar-refractivity contribution in [3.63, 3.8) is 0 Å². The maximum absolute atomic E-state index is 13.9. The number of nitrogens with zero attached hydrogens (tertiary/aromatic N) is 1. The molecule has 0 saturated carbocycles. The SMILES string of the molecule is Cc1cc(F)c(Br)cc1Nc1nccc(C(=O)O)c1F. The number of aromatic carboxylic acids is 1. The highest BCUT2D eigenvalue weighted by Gasteiger charge is 2.16. The summed E-state index contributed by atoms with van der Waals surface area (Å²) in [4.78, 5) is 14.6. The molecule has 1 aromatic heterocycles. The molecule has 7 heteroatoms. The molecule has 0 atom stereocenters. The Morgan fingerprint density at radius 1 is 1.40 bits per heavy atom. The van der Waals surface area contributed by atoms with Gasteiger partial charge in [-0.15, -0.1) is 0 Å². The number of carboxylic acids is 1. The largest absolute Gasteiger partial charge is 0.478 e. The Hall–Kier alpha value is -2.02. The molecule has 0 fully saturated rings. The fraction of sp³-hybridized carbons (Fsp3) is 0.0769. The second-order valence-electron chi connectivity index (χ2n) is 4.03. The summed E-state index contributed by atoms with van der Waals surface area (Å²) in [6, 6.07) is 3.76. The van der Waals surface area contributed by atoms with Gasteiger partial charge in [-0.05, 0) is 46.6 Å². The van der Waals surface area contributed by atoms with Gasteiger partial charge in [0.1, 0.15) is 11.4 Å². The van der Waals surface area contributed by atoms with Crippen molar-refractivity contribution in [3.05, 3.63) is 51.6 Å². The van der Waals surface area contributed by atoms with Crippen molar-refractivity contribution in [2.24, 2.45) is 0 Å². The Kier molecular flexibility index (Phi) is 3.99. The minimum absolute atomic E-state index is 0.209. The van der Waals surface area contributed by atoms with Gasteiger partial charge < -0.3 is 10.4 Å². The number of carbonyl (C=O) groups is 1. The zero-order valence-corrected chi connectivity index (χ0v) is 11.8. The number of hydrogen-bond acceptors (Lipinski definition) is 3. The van der Waals surface area contributed by atoms with Crippen LogP contribution in [0, 0.1) is 18.6 Å². The molecule has 0 bridgehead atoms. The Balaban J connectivity index is 2.43. The first-order valence-corrected chi connectivity index (χ1v) is 6.30. The van der Waals surface area contributed by atoms with E-state index in [1.54, 1.807) is 6.92 Å². The van der Waals surface area contributed by atoms with Crippen molar-refractivity contribution >= 4 is 33.4 Å². The van der Waals surface area contributed by atoms with Crippen LogP contribution in [0.4, 0.5) is 20.3 Å². The standard InChI is InChI=1S/C13H9BrF2N2O2/c1-6-4-9(15)8(14)5-10(6)18-12-11(16)7(13(19)20)2-3-17-12/h2-5H,1H3,(H,17,18)(H,19,20). The summed E-state index contributed by atoms with van der Waals surface area (Å²) in [5.74, 6) is -3.03. The van der Waals surface area contributed by atoms with Gasteiger partial charge in [0.05, 0.1) is 4.47 Å². The molecule has 0 aliphatic heterocycles. The molecule has 1 aromatic carbocycles.